The van der Waals surface area contributed by atoms with E-state index in [0.717, 1.165) is 6.20 Å². The first-order chi connectivity index (χ1) is 15.1. The zero-order valence-corrected chi connectivity index (χ0v) is 19.0. The Bertz CT molecular complexity index is 1090. The lowest BCUT2D eigenvalue weighted by atomic mass is 9.86. The third-order valence-corrected chi connectivity index (χ3v) is 8.18. The van der Waals surface area contributed by atoms with Gasteiger partial charge in [-0.1, -0.05) is 18.5 Å². The van der Waals surface area contributed by atoms with Crippen LogP contribution in [0, 0.1) is 11.7 Å². The quantitative estimate of drug-likeness (QED) is 0.675. The molecule has 32 heavy (non-hydrogen) atoms. The molecule has 0 bridgehead atoms. The van der Waals surface area contributed by atoms with E-state index in [1.807, 2.05) is 6.92 Å². The highest BCUT2D eigenvalue weighted by atomic mass is 35.5. The van der Waals surface area contributed by atoms with Crippen molar-refractivity contribution < 1.29 is 22.0 Å². The Morgan fingerprint density at radius 2 is 2.06 bits per heavy atom. The van der Waals surface area contributed by atoms with Crippen molar-refractivity contribution in [2.45, 2.75) is 31.9 Å². The molecule has 2 saturated heterocycles. The molecule has 174 valence electrons. The van der Waals surface area contributed by atoms with Crippen molar-refractivity contribution >= 4 is 27.5 Å². The summed E-state index contributed by atoms with van der Waals surface area (Å²) in [5, 5.41) is 0.283. The van der Waals surface area contributed by atoms with E-state index in [9.17, 15) is 22.0 Å². The number of nitrogens with one attached hydrogen (secondary N) is 1. The lowest BCUT2D eigenvalue weighted by molar-refractivity contribution is -0.137. The summed E-state index contributed by atoms with van der Waals surface area (Å²) in [6.45, 7) is 2.60. The second-order valence-corrected chi connectivity index (χ2v) is 10.8. The molecule has 4 rings (SSSR count). The summed E-state index contributed by atoms with van der Waals surface area (Å²) in [4.78, 5) is 24.8. The summed E-state index contributed by atoms with van der Waals surface area (Å²) in [5.41, 5.74) is 1.16. The van der Waals surface area contributed by atoms with E-state index in [4.69, 9.17) is 11.6 Å². The monoisotopic (exact) mass is 487 g/mol. The number of aromatic nitrogens is 3. The minimum Gasteiger partial charge on any atom is -0.339 e. The number of amides is 1. The number of carbonyl (C=O) groups excluding carboxylic acids is 1. The van der Waals surface area contributed by atoms with Gasteiger partial charge in [-0.25, -0.2) is 31.5 Å². The van der Waals surface area contributed by atoms with Gasteiger partial charge < -0.3 is 9.88 Å². The number of hydrogen-bond acceptors (Lipinski definition) is 5. The fraction of sp³-hybridized carbons (Fsp3) is 0.550. The van der Waals surface area contributed by atoms with Gasteiger partial charge in [-0.15, -0.1) is 0 Å². The van der Waals surface area contributed by atoms with Crippen LogP contribution in [0.25, 0.3) is 11.5 Å². The largest absolute Gasteiger partial charge is 0.339 e. The maximum Gasteiger partial charge on any atom is 0.223 e. The fourth-order valence-electron chi connectivity index (χ4n) is 4.17. The molecule has 0 aliphatic carbocycles. The van der Waals surface area contributed by atoms with Gasteiger partial charge in [0.15, 0.2) is 11.0 Å². The number of H-pyrrole nitrogens is 1. The molecule has 0 saturated carbocycles. The third kappa shape index (κ3) is 4.79. The lowest BCUT2D eigenvalue weighted by Crippen LogP contribution is -2.52. The zero-order valence-electron chi connectivity index (χ0n) is 17.5. The predicted molar refractivity (Wildman–Crippen MR) is 115 cm³/mol. The summed E-state index contributed by atoms with van der Waals surface area (Å²) >= 11 is 6.35. The maximum absolute atomic E-state index is 13.1. The highest BCUT2D eigenvalue weighted by Gasteiger charge is 2.36. The Kier molecular flexibility index (Phi) is 6.51. The molecule has 0 spiro atoms. The summed E-state index contributed by atoms with van der Waals surface area (Å²) in [6.07, 6.45) is 0.468. The second-order valence-electron chi connectivity index (χ2n) is 8.34. The van der Waals surface area contributed by atoms with Gasteiger partial charge in [-0.2, -0.15) is 0 Å². The van der Waals surface area contributed by atoms with Crippen molar-refractivity contribution in [1.29, 1.82) is 0 Å². The van der Waals surface area contributed by atoms with E-state index in [1.54, 1.807) is 0 Å². The maximum atomic E-state index is 13.1. The average Bonchev–Trinajstić information content (AvgIpc) is 3.11. The van der Waals surface area contributed by atoms with Crippen molar-refractivity contribution in [1.82, 2.24) is 24.2 Å². The van der Waals surface area contributed by atoms with Crippen LogP contribution >= 0.6 is 11.6 Å². The van der Waals surface area contributed by atoms with Gasteiger partial charge in [-0.05, 0) is 24.5 Å². The van der Waals surface area contributed by atoms with E-state index in [2.05, 4.69) is 15.0 Å². The van der Waals surface area contributed by atoms with Crippen molar-refractivity contribution in [2.75, 3.05) is 31.9 Å². The Balaban J connectivity index is 1.39. The molecule has 2 aliphatic rings. The summed E-state index contributed by atoms with van der Waals surface area (Å²) in [6, 6.07) is 2.79. The number of rotatable bonds is 6. The number of hydrogen-bond donors (Lipinski definition) is 1. The SMILES string of the molecule is C[C@H]1CN(S(=O)(=O)CCC(=O)N2CC(F)C2)CC[C@H]1c1[nH]c(-c2ccc(F)cn2)nc1Cl. The van der Waals surface area contributed by atoms with Gasteiger partial charge in [0, 0.05) is 25.4 Å². The number of nitrogens with zero attached hydrogens (tertiary/aromatic N) is 4. The number of pyridine rings is 1. The highest BCUT2D eigenvalue weighted by molar-refractivity contribution is 7.89. The summed E-state index contributed by atoms with van der Waals surface area (Å²) in [5.74, 6) is -0.749. The third-order valence-electron chi connectivity index (χ3n) is 6.05. The van der Waals surface area contributed by atoms with Crippen molar-refractivity contribution in [3.63, 3.8) is 0 Å². The van der Waals surface area contributed by atoms with Crippen LogP contribution in [-0.2, 0) is 14.8 Å². The smallest absolute Gasteiger partial charge is 0.223 e. The number of alkyl halides is 1. The Labute approximate surface area is 190 Å². The van der Waals surface area contributed by atoms with Crippen LogP contribution in [0.15, 0.2) is 18.3 Å². The van der Waals surface area contributed by atoms with Gasteiger partial charge in [0.25, 0.3) is 0 Å². The van der Waals surface area contributed by atoms with Gasteiger partial charge in [0.2, 0.25) is 15.9 Å². The van der Waals surface area contributed by atoms with Crippen LogP contribution < -0.4 is 0 Å². The van der Waals surface area contributed by atoms with Gasteiger partial charge in [-0.3, -0.25) is 4.79 Å². The number of piperidine rings is 1. The van der Waals surface area contributed by atoms with Crippen LogP contribution in [0.5, 0.6) is 0 Å². The van der Waals surface area contributed by atoms with E-state index < -0.39 is 22.0 Å². The normalized spacial score (nSPS) is 22.7. The molecule has 2 fully saturated rings. The van der Waals surface area contributed by atoms with E-state index in [1.165, 1.54) is 21.3 Å². The van der Waals surface area contributed by atoms with Crippen LogP contribution in [0.4, 0.5) is 8.78 Å². The molecule has 1 N–H and O–H groups in total. The highest BCUT2D eigenvalue weighted by Crippen LogP contribution is 2.37. The average molecular weight is 488 g/mol. The van der Waals surface area contributed by atoms with Crippen LogP contribution in [-0.4, -0.2) is 76.6 Å². The molecular weight excluding hydrogens is 464 g/mol. The van der Waals surface area contributed by atoms with Crippen molar-refractivity contribution in [3.8, 4) is 11.5 Å². The standard InChI is InChI=1S/C20H24ClF2N5O3S/c1-12-9-28(32(30,31)7-5-17(29)27-10-14(23)11-27)6-4-15(12)18-19(21)26-20(25-18)16-3-2-13(22)8-24-16/h2-3,8,12,14-15H,4-7,9-11H2,1H3,(H,25,26)/t12-,15+/m0/s1. The summed E-state index contributed by atoms with van der Waals surface area (Å²) < 4.78 is 52.9. The van der Waals surface area contributed by atoms with Crippen molar-refractivity contribution in [2.24, 2.45) is 5.92 Å². The topological polar surface area (TPSA) is 99.3 Å². The lowest BCUT2D eigenvalue weighted by Gasteiger charge is -2.36. The minimum atomic E-state index is -3.61. The number of likely N-dealkylation sites (tertiary alicyclic amines) is 1. The number of sulfonamides is 1. The van der Waals surface area contributed by atoms with Crippen molar-refractivity contribution in [3.05, 3.63) is 35.0 Å². The first kappa shape index (κ1) is 23.1. The molecule has 8 nitrogen and oxygen atoms in total. The molecule has 2 aromatic heterocycles. The Morgan fingerprint density at radius 1 is 1.31 bits per heavy atom. The second kappa shape index (κ2) is 9.03. The fourth-order valence-corrected chi connectivity index (χ4v) is 5.98. The molecule has 2 atom stereocenters. The van der Waals surface area contributed by atoms with Gasteiger partial charge in [0.1, 0.15) is 17.7 Å². The molecule has 0 aromatic carbocycles. The Hall–Kier alpha value is -2.11. The molecule has 1 amide bonds. The zero-order chi connectivity index (χ0) is 23.0. The van der Waals surface area contributed by atoms with Gasteiger partial charge in [0.05, 0.1) is 30.7 Å². The molecule has 0 radical (unpaired) electrons. The van der Waals surface area contributed by atoms with Crippen LogP contribution in [0.3, 0.4) is 0 Å². The number of imidazole rings is 1. The first-order valence-corrected chi connectivity index (χ1v) is 12.4. The number of aromatic amines is 1. The van der Waals surface area contributed by atoms with Gasteiger partial charge >= 0.3 is 0 Å². The minimum absolute atomic E-state index is 0.0418. The first-order valence-electron chi connectivity index (χ1n) is 10.4. The molecule has 12 heteroatoms. The molecule has 2 aliphatic heterocycles. The summed E-state index contributed by atoms with van der Waals surface area (Å²) in [7, 11) is -3.61. The van der Waals surface area contributed by atoms with Crippen LogP contribution in [0.1, 0.15) is 31.4 Å². The number of carbonyl (C=O) groups is 1. The predicted octanol–water partition coefficient (Wildman–Crippen LogP) is 2.59. The number of halogens is 3. The molecular formula is C20H24ClF2N5O3S. The van der Waals surface area contributed by atoms with Crippen LogP contribution in [0.2, 0.25) is 5.15 Å². The molecule has 4 heterocycles. The Morgan fingerprint density at radius 3 is 2.69 bits per heavy atom. The molecule has 2 aromatic rings. The van der Waals surface area contributed by atoms with E-state index in [-0.39, 0.29) is 54.7 Å². The van der Waals surface area contributed by atoms with E-state index in [0.29, 0.717) is 30.2 Å². The molecule has 0 unspecified atom stereocenters. The van der Waals surface area contributed by atoms with E-state index >= 15 is 0 Å².